The van der Waals surface area contributed by atoms with Crippen LogP contribution in [-0.2, 0) is 14.9 Å². The van der Waals surface area contributed by atoms with Gasteiger partial charge in [-0.05, 0) is 57.2 Å². The van der Waals surface area contributed by atoms with Crippen LogP contribution in [0.5, 0.6) is 5.75 Å². The highest BCUT2D eigenvalue weighted by atomic mass is 127. The van der Waals surface area contributed by atoms with E-state index in [2.05, 4.69) is 35.0 Å². The first-order chi connectivity index (χ1) is 14.7. The minimum Gasteiger partial charge on any atom is -0.494 e. The molecule has 0 spiro atoms. The van der Waals surface area contributed by atoms with Gasteiger partial charge >= 0.3 is 0 Å². The molecule has 0 unspecified atom stereocenters. The van der Waals surface area contributed by atoms with Crippen molar-refractivity contribution < 1.29 is 14.3 Å². The highest BCUT2D eigenvalue weighted by Gasteiger charge is 2.34. The van der Waals surface area contributed by atoms with Gasteiger partial charge in [0.05, 0.1) is 13.2 Å². The molecule has 1 aliphatic carbocycles. The van der Waals surface area contributed by atoms with Crippen LogP contribution in [0.3, 0.4) is 0 Å². The molecular weight excluding hydrogens is 507 g/mol. The molecule has 8 heteroatoms. The number of nitrogens with zero attached hydrogens (tertiary/aromatic N) is 1. The Labute approximate surface area is 203 Å². The van der Waals surface area contributed by atoms with Gasteiger partial charge in [-0.2, -0.15) is 0 Å². The van der Waals surface area contributed by atoms with Gasteiger partial charge in [-0.1, -0.05) is 12.1 Å². The van der Waals surface area contributed by atoms with Gasteiger partial charge in [0.25, 0.3) is 0 Å². The summed E-state index contributed by atoms with van der Waals surface area (Å²) in [6.07, 6.45) is 3.95. The number of hydrogen-bond acceptors (Lipinski definition) is 4. The third kappa shape index (κ3) is 7.82. The molecule has 3 N–H and O–H groups in total. The first kappa shape index (κ1) is 25.7. The first-order valence-electron chi connectivity index (χ1n) is 11.3. The first-order valence-corrected chi connectivity index (χ1v) is 11.3. The second kappa shape index (κ2) is 13.1. The zero-order valence-electron chi connectivity index (χ0n) is 18.7. The van der Waals surface area contributed by atoms with Crippen molar-refractivity contribution in [1.29, 1.82) is 0 Å². The van der Waals surface area contributed by atoms with E-state index < -0.39 is 0 Å². The predicted molar refractivity (Wildman–Crippen MR) is 134 cm³/mol. The molecule has 1 aromatic carbocycles. The highest BCUT2D eigenvalue weighted by molar-refractivity contribution is 14.0. The van der Waals surface area contributed by atoms with Crippen LogP contribution in [0.25, 0.3) is 0 Å². The molecule has 31 heavy (non-hydrogen) atoms. The Morgan fingerprint density at radius 2 is 1.77 bits per heavy atom. The van der Waals surface area contributed by atoms with Gasteiger partial charge in [0, 0.05) is 44.2 Å². The number of nitrogens with one attached hydrogen (secondary N) is 3. The Hall–Kier alpha value is -1.55. The third-order valence-corrected chi connectivity index (χ3v) is 5.78. The van der Waals surface area contributed by atoms with E-state index in [1.165, 1.54) is 5.56 Å². The number of guanidine groups is 1. The molecule has 1 saturated heterocycles. The average molecular weight is 544 g/mol. The molecule has 0 atom stereocenters. The normalized spacial score (nSPS) is 17.9. The fourth-order valence-electron chi connectivity index (χ4n) is 3.80. The Bertz CT molecular complexity index is 701. The van der Waals surface area contributed by atoms with Crippen molar-refractivity contribution in [3.63, 3.8) is 0 Å². The second-order valence-electron chi connectivity index (χ2n) is 8.04. The largest absolute Gasteiger partial charge is 0.494 e. The summed E-state index contributed by atoms with van der Waals surface area (Å²) in [5, 5.41) is 9.64. The number of halogens is 1. The number of aliphatic imine (C=N–C) groups is 1. The van der Waals surface area contributed by atoms with Crippen LogP contribution in [0.4, 0.5) is 0 Å². The van der Waals surface area contributed by atoms with Gasteiger partial charge < -0.3 is 25.4 Å². The van der Waals surface area contributed by atoms with E-state index in [1.54, 1.807) is 0 Å². The van der Waals surface area contributed by atoms with Gasteiger partial charge in [-0.3, -0.25) is 9.79 Å². The van der Waals surface area contributed by atoms with Crippen LogP contribution in [0.15, 0.2) is 29.3 Å². The van der Waals surface area contributed by atoms with Crippen molar-refractivity contribution in [2.75, 3.05) is 46.0 Å². The van der Waals surface area contributed by atoms with Gasteiger partial charge in [0.1, 0.15) is 5.75 Å². The number of ether oxygens (including phenoxy) is 2. The smallest absolute Gasteiger partial charge is 0.223 e. The molecule has 0 bridgehead atoms. The Morgan fingerprint density at radius 1 is 1.10 bits per heavy atom. The van der Waals surface area contributed by atoms with Crippen molar-refractivity contribution in [2.45, 2.75) is 44.9 Å². The molecule has 1 amide bonds. The zero-order valence-corrected chi connectivity index (χ0v) is 21.1. The Balaban J connectivity index is 0.00000341. The summed E-state index contributed by atoms with van der Waals surface area (Å²) in [6.45, 7) is 8.97. The van der Waals surface area contributed by atoms with Crippen molar-refractivity contribution in [3.05, 3.63) is 29.8 Å². The van der Waals surface area contributed by atoms with Gasteiger partial charge in [0.15, 0.2) is 5.96 Å². The second-order valence-corrected chi connectivity index (χ2v) is 8.04. The standard InChI is InChI=1S/C23H36N4O3.HI/c1-3-24-22(26-14-13-25-21(28)18-5-6-18)27-17-23(11-15-29-16-12-23)19-7-9-20(10-8-19)30-4-2;/h7-10,18H,3-6,11-17H2,1-2H3,(H,25,28)(H2,24,26,27);1H. The number of amides is 1. The van der Waals surface area contributed by atoms with Crippen LogP contribution in [-0.4, -0.2) is 57.9 Å². The Morgan fingerprint density at radius 3 is 2.39 bits per heavy atom. The number of benzene rings is 1. The van der Waals surface area contributed by atoms with Crippen molar-refractivity contribution in [3.8, 4) is 5.75 Å². The third-order valence-electron chi connectivity index (χ3n) is 5.78. The van der Waals surface area contributed by atoms with Gasteiger partial charge in [0.2, 0.25) is 5.91 Å². The van der Waals surface area contributed by atoms with E-state index in [0.29, 0.717) is 26.2 Å². The molecule has 0 aromatic heterocycles. The molecule has 1 saturated carbocycles. The molecule has 1 aliphatic heterocycles. The average Bonchev–Trinajstić information content (AvgIpc) is 3.62. The lowest BCUT2D eigenvalue weighted by molar-refractivity contribution is -0.122. The lowest BCUT2D eigenvalue weighted by Crippen LogP contribution is -2.43. The summed E-state index contributed by atoms with van der Waals surface area (Å²) in [4.78, 5) is 16.7. The van der Waals surface area contributed by atoms with Gasteiger partial charge in [-0.25, -0.2) is 0 Å². The van der Waals surface area contributed by atoms with Crippen LogP contribution in [0, 0.1) is 5.92 Å². The molecule has 1 aromatic rings. The minimum atomic E-state index is -0.0362. The predicted octanol–water partition coefficient (Wildman–Crippen LogP) is 2.83. The van der Waals surface area contributed by atoms with Crippen LogP contribution < -0.4 is 20.7 Å². The zero-order chi connectivity index (χ0) is 21.2. The van der Waals surface area contributed by atoms with Crippen LogP contribution in [0.2, 0.25) is 0 Å². The maximum atomic E-state index is 11.8. The van der Waals surface area contributed by atoms with Gasteiger partial charge in [-0.15, -0.1) is 24.0 Å². The summed E-state index contributed by atoms with van der Waals surface area (Å²) >= 11 is 0. The van der Waals surface area contributed by atoms with Crippen LogP contribution in [0.1, 0.15) is 45.1 Å². The number of rotatable bonds is 10. The molecular formula is C23H37IN4O3. The monoisotopic (exact) mass is 544 g/mol. The highest BCUT2D eigenvalue weighted by Crippen LogP contribution is 2.36. The van der Waals surface area contributed by atoms with Crippen molar-refractivity contribution in [1.82, 2.24) is 16.0 Å². The quantitative estimate of drug-likeness (QED) is 0.183. The number of carbonyl (C=O) groups excluding carboxylic acids is 1. The summed E-state index contributed by atoms with van der Waals surface area (Å²) in [5.74, 6) is 2.11. The molecule has 0 radical (unpaired) electrons. The summed E-state index contributed by atoms with van der Waals surface area (Å²) < 4.78 is 11.2. The Kier molecular flexibility index (Phi) is 10.9. The van der Waals surface area contributed by atoms with E-state index in [0.717, 1.165) is 57.2 Å². The topological polar surface area (TPSA) is 84.0 Å². The maximum absolute atomic E-state index is 11.8. The number of hydrogen-bond donors (Lipinski definition) is 3. The lowest BCUT2D eigenvalue weighted by atomic mass is 9.74. The molecule has 174 valence electrons. The summed E-state index contributed by atoms with van der Waals surface area (Å²) in [6, 6.07) is 8.43. The molecule has 3 rings (SSSR count). The summed E-state index contributed by atoms with van der Waals surface area (Å²) in [5.41, 5.74) is 1.25. The van der Waals surface area contributed by atoms with E-state index in [9.17, 15) is 4.79 Å². The van der Waals surface area contributed by atoms with E-state index >= 15 is 0 Å². The molecule has 7 nitrogen and oxygen atoms in total. The van der Waals surface area contributed by atoms with Crippen molar-refractivity contribution >= 4 is 35.8 Å². The lowest BCUT2D eigenvalue weighted by Gasteiger charge is -2.36. The molecule has 2 fully saturated rings. The molecule has 1 heterocycles. The minimum absolute atomic E-state index is 0. The maximum Gasteiger partial charge on any atom is 0.223 e. The van der Waals surface area contributed by atoms with E-state index in [1.807, 2.05) is 19.1 Å². The SMILES string of the molecule is CCNC(=NCC1(c2ccc(OCC)cc2)CCOCC1)NCCNC(=O)C1CC1.I. The van der Waals surface area contributed by atoms with Crippen LogP contribution >= 0.6 is 24.0 Å². The van der Waals surface area contributed by atoms with Crippen molar-refractivity contribution in [2.24, 2.45) is 10.9 Å². The fourth-order valence-corrected chi connectivity index (χ4v) is 3.80. The van der Waals surface area contributed by atoms with E-state index in [-0.39, 0.29) is 41.2 Å². The number of carbonyl (C=O) groups is 1. The fraction of sp³-hybridized carbons (Fsp3) is 0.652. The van der Waals surface area contributed by atoms with E-state index in [4.69, 9.17) is 14.5 Å². The summed E-state index contributed by atoms with van der Waals surface area (Å²) in [7, 11) is 0. The molecule has 2 aliphatic rings.